The second kappa shape index (κ2) is 6.57. The molecule has 0 spiro atoms. The highest BCUT2D eigenvalue weighted by molar-refractivity contribution is 6.30. The minimum Gasteiger partial charge on any atom is -0.356 e. The van der Waals surface area contributed by atoms with Gasteiger partial charge in [-0.2, -0.15) is 0 Å². The third-order valence-corrected chi connectivity index (χ3v) is 3.45. The van der Waals surface area contributed by atoms with E-state index in [1.807, 2.05) is 24.3 Å². The minimum absolute atomic E-state index is 0.0307. The van der Waals surface area contributed by atoms with Crippen molar-refractivity contribution in [3.63, 3.8) is 0 Å². The van der Waals surface area contributed by atoms with E-state index < -0.39 is 0 Å². The second-order valence-corrected chi connectivity index (χ2v) is 5.15. The molecule has 0 radical (unpaired) electrons. The van der Waals surface area contributed by atoms with Crippen LogP contribution in [0.4, 0.5) is 0 Å². The summed E-state index contributed by atoms with van der Waals surface area (Å²) in [6.07, 6.45) is 1.75. The Morgan fingerprint density at radius 2 is 2.32 bits per heavy atom. The Bertz CT molecular complexity index is 476. The van der Waals surface area contributed by atoms with Crippen LogP contribution in [0.5, 0.6) is 0 Å². The van der Waals surface area contributed by atoms with Crippen molar-refractivity contribution in [1.29, 1.82) is 0 Å². The molecule has 0 bridgehead atoms. The number of carbonyl (C=O) groups is 2. The average molecular weight is 281 g/mol. The van der Waals surface area contributed by atoms with Gasteiger partial charge in [0.25, 0.3) is 0 Å². The lowest BCUT2D eigenvalue weighted by atomic mass is 9.96. The van der Waals surface area contributed by atoms with Crippen LogP contribution >= 0.6 is 11.6 Å². The van der Waals surface area contributed by atoms with Crippen LogP contribution in [-0.2, 0) is 16.0 Å². The number of rotatable bonds is 4. The largest absolute Gasteiger partial charge is 0.356 e. The first-order valence-electron chi connectivity index (χ1n) is 6.44. The quantitative estimate of drug-likeness (QED) is 0.879. The van der Waals surface area contributed by atoms with Gasteiger partial charge in [0.05, 0.1) is 0 Å². The third-order valence-electron chi connectivity index (χ3n) is 3.22. The molecule has 1 atom stereocenters. The van der Waals surface area contributed by atoms with Gasteiger partial charge in [-0.25, -0.2) is 0 Å². The Kier molecular flexibility index (Phi) is 4.80. The zero-order valence-corrected chi connectivity index (χ0v) is 11.4. The molecule has 1 unspecified atom stereocenters. The van der Waals surface area contributed by atoms with Crippen LogP contribution in [0.1, 0.15) is 18.4 Å². The van der Waals surface area contributed by atoms with Crippen molar-refractivity contribution in [3.05, 3.63) is 34.9 Å². The molecule has 0 saturated carbocycles. The molecule has 0 aromatic heterocycles. The molecule has 1 aliphatic rings. The summed E-state index contributed by atoms with van der Waals surface area (Å²) in [5, 5.41) is 6.30. The topological polar surface area (TPSA) is 58.2 Å². The lowest BCUT2D eigenvalue weighted by molar-refractivity contribution is -0.132. The van der Waals surface area contributed by atoms with Crippen LogP contribution in [-0.4, -0.2) is 24.9 Å². The smallest absolute Gasteiger partial charge is 0.223 e. The number of benzene rings is 1. The molecule has 1 heterocycles. The number of amides is 2. The Labute approximate surface area is 117 Å². The van der Waals surface area contributed by atoms with Crippen LogP contribution in [0, 0.1) is 5.92 Å². The number of hydrogen-bond acceptors (Lipinski definition) is 2. The maximum absolute atomic E-state index is 11.9. The maximum atomic E-state index is 11.9. The van der Waals surface area contributed by atoms with Crippen molar-refractivity contribution < 1.29 is 9.59 Å². The summed E-state index contributed by atoms with van der Waals surface area (Å²) in [5.41, 5.74) is 1.09. The molecule has 5 heteroatoms. The lowest BCUT2D eigenvalue weighted by Crippen LogP contribution is -2.41. The normalized spacial score (nSPS) is 18.8. The number of carbonyl (C=O) groups excluding carboxylic acids is 2. The SMILES string of the molecule is O=C1CC(C(=O)NCCc2cccc(Cl)c2)CCN1. The number of hydrogen-bond donors (Lipinski definition) is 2. The van der Waals surface area contributed by atoms with Gasteiger partial charge in [0.15, 0.2) is 0 Å². The highest BCUT2D eigenvalue weighted by Crippen LogP contribution is 2.13. The van der Waals surface area contributed by atoms with Gasteiger partial charge in [0.2, 0.25) is 11.8 Å². The van der Waals surface area contributed by atoms with E-state index >= 15 is 0 Å². The minimum atomic E-state index is -0.187. The van der Waals surface area contributed by atoms with Crippen LogP contribution in [0.25, 0.3) is 0 Å². The fourth-order valence-corrected chi connectivity index (χ4v) is 2.39. The van der Waals surface area contributed by atoms with E-state index in [1.54, 1.807) is 0 Å². The Balaban J connectivity index is 1.76. The average Bonchev–Trinajstić information content (AvgIpc) is 2.38. The predicted octanol–water partition coefficient (Wildman–Crippen LogP) is 1.52. The fraction of sp³-hybridized carbons (Fsp3) is 0.429. The van der Waals surface area contributed by atoms with Gasteiger partial charge in [-0.3, -0.25) is 9.59 Å². The molecular formula is C14H17ClN2O2. The number of nitrogens with one attached hydrogen (secondary N) is 2. The van der Waals surface area contributed by atoms with Gasteiger partial charge in [-0.05, 0) is 30.5 Å². The summed E-state index contributed by atoms with van der Waals surface area (Å²) in [6.45, 7) is 1.16. The van der Waals surface area contributed by atoms with Gasteiger partial charge >= 0.3 is 0 Å². The van der Waals surface area contributed by atoms with Gasteiger partial charge in [-0.1, -0.05) is 23.7 Å². The van der Waals surface area contributed by atoms with Crippen molar-refractivity contribution in [1.82, 2.24) is 10.6 Å². The van der Waals surface area contributed by atoms with E-state index in [2.05, 4.69) is 10.6 Å². The van der Waals surface area contributed by atoms with Crippen molar-refractivity contribution in [3.8, 4) is 0 Å². The van der Waals surface area contributed by atoms with E-state index in [0.29, 0.717) is 24.5 Å². The second-order valence-electron chi connectivity index (χ2n) is 4.71. The molecule has 102 valence electrons. The summed E-state index contributed by atoms with van der Waals surface area (Å²) in [7, 11) is 0. The zero-order valence-electron chi connectivity index (χ0n) is 10.6. The first-order chi connectivity index (χ1) is 9.15. The van der Waals surface area contributed by atoms with Gasteiger partial charge in [0, 0.05) is 30.5 Å². The molecule has 19 heavy (non-hydrogen) atoms. The van der Waals surface area contributed by atoms with Crippen molar-refractivity contribution >= 4 is 23.4 Å². The summed E-state index contributed by atoms with van der Waals surface area (Å²) < 4.78 is 0. The van der Waals surface area contributed by atoms with Crippen molar-refractivity contribution in [2.24, 2.45) is 5.92 Å². The molecule has 1 aromatic rings. The summed E-state index contributed by atoms with van der Waals surface area (Å²) in [5.74, 6) is -0.258. The molecule has 2 rings (SSSR count). The Morgan fingerprint density at radius 3 is 3.05 bits per heavy atom. The molecular weight excluding hydrogens is 264 g/mol. The molecule has 2 N–H and O–H groups in total. The molecule has 0 aliphatic carbocycles. The maximum Gasteiger partial charge on any atom is 0.223 e. The van der Waals surface area contributed by atoms with Crippen molar-refractivity contribution in [2.75, 3.05) is 13.1 Å². The van der Waals surface area contributed by atoms with Crippen molar-refractivity contribution in [2.45, 2.75) is 19.3 Å². The molecule has 1 saturated heterocycles. The molecule has 2 amide bonds. The van der Waals surface area contributed by atoms with Crippen LogP contribution < -0.4 is 10.6 Å². The predicted molar refractivity (Wildman–Crippen MR) is 73.9 cm³/mol. The van der Waals surface area contributed by atoms with E-state index in [9.17, 15) is 9.59 Å². The Morgan fingerprint density at radius 1 is 1.47 bits per heavy atom. The number of halogens is 1. The summed E-state index contributed by atoms with van der Waals surface area (Å²) >= 11 is 5.89. The standard InChI is InChI=1S/C14H17ClN2O2/c15-12-3-1-2-10(8-12)4-6-17-14(19)11-5-7-16-13(18)9-11/h1-3,8,11H,4-7,9H2,(H,16,18)(H,17,19). The van der Waals surface area contributed by atoms with Gasteiger partial charge in [0.1, 0.15) is 0 Å². The molecule has 1 fully saturated rings. The summed E-state index contributed by atoms with van der Waals surface area (Å²) in [6, 6.07) is 7.59. The lowest BCUT2D eigenvalue weighted by Gasteiger charge is -2.21. The zero-order chi connectivity index (χ0) is 13.7. The molecule has 1 aromatic carbocycles. The highest BCUT2D eigenvalue weighted by atomic mass is 35.5. The highest BCUT2D eigenvalue weighted by Gasteiger charge is 2.24. The van der Waals surface area contributed by atoms with E-state index in [0.717, 1.165) is 18.4 Å². The monoisotopic (exact) mass is 280 g/mol. The van der Waals surface area contributed by atoms with Crippen LogP contribution in [0.2, 0.25) is 5.02 Å². The Hall–Kier alpha value is -1.55. The summed E-state index contributed by atoms with van der Waals surface area (Å²) in [4.78, 5) is 23.1. The molecule has 1 aliphatic heterocycles. The third kappa shape index (κ3) is 4.24. The van der Waals surface area contributed by atoms with Gasteiger partial charge in [-0.15, -0.1) is 0 Å². The first-order valence-corrected chi connectivity index (χ1v) is 6.82. The fourth-order valence-electron chi connectivity index (χ4n) is 2.17. The van der Waals surface area contributed by atoms with E-state index in [4.69, 9.17) is 11.6 Å². The van der Waals surface area contributed by atoms with Crippen LogP contribution in [0.15, 0.2) is 24.3 Å². The first kappa shape index (κ1) is 13.9. The van der Waals surface area contributed by atoms with E-state index in [1.165, 1.54) is 0 Å². The van der Waals surface area contributed by atoms with Crippen LogP contribution in [0.3, 0.4) is 0 Å². The molecule has 4 nitrogen and oxygen atoms in total. The van der Waals surface area contributed by atoms with Gasteiger partial charge < -0.3 is 10.6 Å². The van der Waals surface area contributed by atoms with E-state index in [-0.39, 0.29) is 17.7 Å². The number of piperidine rings is 1.